The molecule has 1 aromatic rings. The van der Waals surface area contributed by atoms with Gasteiger partial charge in [0.2, 0.25) is 0 Å². The molecule has 0 radical (unpaired) electrons. The standard InChI is InChI=1S/C10H11ClN2O3/c11-9-6(5-8(14)15)10(16)13-4-2-1-3-7(13)12-9/h1-5H2,(H,14,15). The Balaban J connectivity index is 2.54. The highest BCUT2D eigenvalue weighted by Crippen LogP contribution is 2.16. The summed E-state index contributed by atoms with van der Waals surface area (Å²) in [6.45, 7) is 0.602. The van der Waals surface area contributed by atoms with Gasteiger partial charge in [-0.25, -0.2) is 4.98 Å². The van der Waals surface area contributed by atoms with Crippen molar-refractivity contribution in [1.82, 2.24) is 9.55 Å². The third kappa shape index (κ3) is 1.95. The molecule has 0 bridgehead atoms. The maximum absolute atomic E-state index is 11.9. The first-order valence-corrected chi connectivity index (χ1v) is 5.47. The molecule has 1 aliphatic rings. The maximum Gasteiger partial charge on any atom is 0.308 e. The zero-order valence-corrected chi connectivity index (χ0v) is 9.33. The first kappa shape index (κ1) is 11.1. The number of aromatic nitrogens is 2. The fourth-order valence-electron chi connectivity index (χ4n) is 1.88. The highest BCUT2D eigenvalue weighted by atomic mass is 35.5. The van der Waals surface area contributed by atoms with Gasteiger partial charge in [-0.05, 0) is 12.8 Å². The lowest BCUT2D eigenvalue weighted by Gasteiger charge is -2.18. The Morgan fingerprint density at radius 1 is 1.50 bits per heavy atom. The van der Waals surface area contributed by atoms with E-state index >= 15 is 0 Å². The number of aryl methyl sites for hydroxylation is 1. The third-order valence-electron chi connectivity index (χ3n) is 2.65. The van der Waals surface area contributed by atoms with Gasteiger partial charge in [0.1, 0.15) is 11.0 Å². The summed E-state index contributed by atoms with van der Waals surface area (Å²) in [7, 11) is 0. The van der Waals surface area contributed by atoms with Crippen LogP contribution in [-0.2, 0) is 24.2 Å². The summed E-state index contributed by atoms with van der Waals surface area (Å²) in [5.74, 6) is -0.410. The van der Waals surface area contributed by atoms with Gasteiger partial charge in [-0.2, -0.15) is 0 Å². The zero-order chi connectivity index (χ0) is 11.7. The number of fused-ring (bicyclic) bond motifs is 1. The number of hydrogen-bond acceptors (Lipinski definition) is 3. The van der Waals surface area contributed by atoms with Crippen molar-refractivity contribution in [2.75, 3.05) is 0 Å². The molecule has 1 N–H and O–H groups in total. The van der Waals surface area contributed by atoms with Gasteiger partial charge in [0, 0.05) is 13.0 Å². The van der Waals surface area contributed by atoms with Crippen LogP contribution >= 0.6 is 11.6 Å². The van der Waals surface area contributed by atoms with Crippen molar-refractivity contribution in [3.05, 3.63) is 26.9 Å². The van der Waals surface area contributed by atoms with Crippen LogP contribution in [-0.4, -0.2) is 20.6 Å². The number of nitrogens with zero attached hydrogens (tertiary/aromatic N) is 2. The Labute approximate surface area is 96.7 Å². The van der Waals surface area contributed by atoms with Crippen LogP contribution in [0.25, 0.3) is 0 Å². The molecule has 1 aromatic heterocycles. The summed E-state index contributed by atoms with van der Waals surface area (Å²) < 4.78 is 1.54. The highest BCUT2D eigenvalue weighted by Gasteiger charge is 2.19. The molecule has 0 atom stereocenters. The van der Waals surface area contributed by atoms with Gasteiger partial charge in [-0.15, -0.1) is 0 Å². The summed E-state index contributed by atoms with van der Waals surface area (Å²) in [5, 5.41) is 8.71. The summed E-state index contributed by atoms with van der Waals surface area (Å²) in [4.78, 5) is 26.6. The smallest absolute Gasteiger partial charge is 0.308 e. The Hall–Kier alpha value is -1.36. The molecule has 5 nitrogen and oxygen atoms in total. The molecule has 0 amide bonds. The number of rotatable bonds is 2. The summed E-state index contributed by atoms with van der Waals surface area (Å²) >= 11 is 5.82. The van der Waals surface area contributed by atoms with Crippen LogP contribution in [0.5, 0.6) is 0 Å². The third-order valence-corrected chi connectivity index (χ3v) is 2.96. The fourth-order valence-corrected chi connectivity index (χ4v) is 2.13. The highest BCUT2D eigenvalue weighted by molar-refractivity contribution is 6.30. The molecule has 86 valence electrons. The molecule has 0 aliphatic carbocycles. The summed E-state index contributed by atoms with van der Waals surface area (Å²) in [6, 6.07) is 0. The largest absolute Gasteiger partial charge is 0.481 e. The molecule has 0 aromatic carbocycles. The molecule has 0 saturated heterocycles. The van der Waals surface area contributed by atoms with Crippen molar-refractivity contribution in [2.45, 2.75) is 32.2 Å². The first-order valence-electron chi connectivity index (χ1n) is 5.09. The number of carboxylic acids is 1. The van der Waals surface area contributed by atoms with E-state index in [1.165, 1.54) is 4.57 Å². The predicted octanol–water partition coefficient (Wildman–Crippen LogP) is 0.860. The van der Waals surface area contributed by atoms with E-state index in [0.29, 0.717) is 12.4 Å². The second kappa shape index (κ2) is 4.25. The van der Waals surface area contributed by atoms with E-state index in [1.54, 1.807) is 0 Å². The quantitative estimate of drug-likeness (QED) is 0.781. The maximum atomic E-state index is 11.9. The first-order chi connectivity index (χ1) is 7.59. The van der Waals surface area contributed by atoms with Crippen LogP contribution in [0, 0.1) is 0 Å². The van der Waals surface area contributed by atoms with E-state index in [2.05, 4.69) is 4.98 Å². The molecule has 0 unspecified atom stereocenters. The Bertz CT molecular complexity index is 496. The minimum Gasteiger partial charge on any atom is -0.481 e. The van der Waals surface area contributed by atoms with Crippen molar-refractivity contribution >= 4 is 17.6 Å². The molecular weight excluding hydrogens is 232 g/mol. The van der Waals surface area contributed by atoms with Gasteiger partial charge < -0.3 is 5.11 Å². The Kier molecular flexibility index (Phi) is 2.96. The molecular formula is C10H11ClN2O3. The molecule has 0 saturated carbocycles. The SMILES string of the molecule is O=C(O)Cc1c(Cl)nc2n(c1=O)CCCC2. The number of halogens is 1. The monoisotopic (exact) mass is 242 g/mol. The van der Waals surface area contributed by atoms with Gasteiger partial charge in [-0.1, -0.05) is 11.6 Å². The number of carbonyl (C=O) groups is 1. The van der Waals surface area contributed by atoms with Gasteiger partial charge in [0.05, 0.1) is 12.0 Å². The number of aliphatic carboxylic acids is 1. The normalized spacial score (nSPS) is 14.6. The topological polar surface area (TPSA) is 72.2 Å². The van der Waals surface area contributed by atoms with Crippen LogP contribution < -0.4 is 5.56 Å². The zero-order valence-electron chi connectivity index (χ0n) is 8.57. The van der Waals surface area contributed by atoms with Crippen LogP contribution in [0.2, 0.25) is 5.15 Å². The second-order valence-electron chi connectivity index (χ2n) is 3.78. The van der Waals surface area contributed by atoms with Crippen LogP contribution in [0.15, 0.2) is 4.79 Å². The molecule has 1 aliphatic heterocycles. The summed E-state index contributed by atoms with van der Waals surface area (Å²) in [5.41, 5.74) is -0.225. The summed E-state index contributed by atoms with van der Waals surface area (Å²) in [6.07, 6.45) is 2.26. The fraction of sp³-hybridized carbons (Fsp3) is 0.500. The van der Waals surface area contributed by atoms with E-state index < -0.39 is 5.97 Å². The average molecular weight is 243 g/mol. The van der Waals surface area contributed by atoms with Crippen molar-refractivity contribution in [2.24, 2.45) is 0 Å². The van der Waals surface area contributed by atoms with Crippen molar-refractivity contribution in [3.63, 3.8) is 0 Å². The average Bonchev–Trinajstić information content (AvgIpc) is 2.24. The Morgan fingerprint density at radius 2 is 2.25 bits per heavy atom. The van der Waals surface area contributed by atoms with E-state index in [9.17, 15) is 9.59 Å². The van der Waals surface area contributed by atoms with Gasteiger partial charge in [0.15, 0.2) is 0 Å². The molecule has 16 heavy (non-hydrogen) atoms. The minimum absolute atomic E-state index is 0.0283. The number of hydrogen-bond donors (Lipinski definition) is 1. The van der Waals surface area contributed by atoms with Crippen molar-refractivity contribution in [1.29, 1.82) is 0 Å². The van der Waals surface area contributed by atoms with Gasteiger partial charge in [-0.3, -0.25) is 14.2 Å². The lowest BCUT2D eigenvalue weighted by atomic mass is 10.1. The van der Waals surface area contributed by atoms with Gasteiger partial charge in [0.25, 0.3) is 5.56 Å². The van der Waals surface area contributed by atoms with E-state index in [1.807, 2.05) is 0 Å². The molecule has 0 fully saturated rings. The minimum atomic E-state index is -1.07. The van der Waals surface area contributed by atoms with Crippen LogP contribution in [0.3, 0.4) is 0 Å². The Morgan fingerprint density at radius 3 is 2.94 bits per heavy atom. The second-order valence-corrected chi connectivity index (χ2v) is 4.14. The lowest BCUT2D eigenvalue weighted by molar-refractivity contribution is -0.136. The number of carboxylic acid groups (broad SMARTS) is 1. The van der Waals surface area contributed by atoms with Crippen LogP contribution in [0.4, 0.5) is 0 Å². The van der Waals surface area contributed by atoms with E-state index in [0.717, 1.165) is 19.3 Å². The van der Waals surface area contributed by atoms with Gasteiger partial charge >= 0.3 is 5.97 Å². The molecule has 2 heterocycles. The van der Waals surface area contributed by atoms with Crippen molar-refractivity contribution in [3.8, 4) is 0 Å². The van der Waals surface area contributed by atoms with E-state index in [4.69, 9.17) is 16.7 Å². The molecule has 0 spiro atoms. The van der Waals surface area contributed by atoms with E-state index in [-0.39, 0.29) is 22.7 Å². The molecule has 2 rings (SSSR count). The molecule has 6 heteroatoms. The lowest BCUT2D eigenvalue weighted by Crippen LogP contribution is -2.32. The predicted molar refractivity (Wildman–Crippen MR) is 57.8 cm³/mol. The van der Waals surface area contributed by atoms with Crippen LogP contribution in [0.1, 0.15) is 24.2 Å². The van der Waals surface area contributed by atoms with Crippen molar-refractivity contribution < 1.29 is 9.90 Å².